The van der Waals surface area contributed by atoms with E-state index in [1.165, 1.54) is 18.2 Å². The van der Waals surface area contributed by atoms with E-state index in [4.69, 9.17) is 21.1 Å². The predicted molar refractivity (Wildman–Crippen MR) is 78.8 cm³/mol. The number of esters is 2. The highest BCUT2D eigenvalue weighted by Gasteiger charge is 2.10. The Bertz CT molecular complexity index is 650. The van der Waals surface area contributed by atoms with E-state index in [0.29, 0.717) is 28.5 Å². The Morgan fingerprint density at radius 1 is 1.00 bits per heavy atom. The molecule has 2 aromatic rings. The quantitative estimate of drug-likeness (QED) is 0.638. The number of benzene rings is 2. The first-order valence-corrected chi connectivity index (χ1v) is 6.73. The van der Waals surface area contributed by atoms with Gasteiger partial charge in [0.25, 0.3) is 0 Å². The van der Waals surface area contributed by atoms with Gasteiger partial charge in [-0.25, -0.2) is 9.59 Å². The summed E-state index contributed by atoms with van der Waals surface area (Å²) in [5, 5.41) is 0.460. The van der Waals surface area contributed by atoms with Crippen LogP contribution in [0.5, 0.6) is 5.75 Å². The van der Waals surface area contributed by atoms with E-state index in [0.717, 1.165) is 0 Å². The highest BCUT2D eigenvalue weighted by Crippen LogP contribution is 2.16. The number of hydrogen-bond donors (Lipinski definition) is 0. The van der Waals surface area contributed by atoms with E-state index in [-0.39, 0.29) is 0 Å². The fourth-order valence-electron chi connectivity index (χ4n) is 1.65. The fraction of sp³-hybridized carbons (Fsp3) is 0.125. The van der Waals surface area contributed by atoms with Crippen molar-refractivity contribution < 1.29 is 19.1 Å². The minimum absolute atomic E-state index is 0.310. The van der Waals surface area contributed by atoms with Crippen LogP contribution < -0.4 is 4.74 Å². The smallest absolute Gasteiger partial charge is 0.343 e. The van der Waals surface area contributed by atoms with E-state index < -0.39 is 11.9 Å². The summed E-state index contributed by atoms with van der Waals surface area (Å²) in [5.74, 6) is -0.584. The SMILES string of the molecule is CCOC(=O)c1ccc(OC(=O)c2cccc(Cl)c2)cc1. The van der Waals surface area contributed by atoms with Crippen LogP contribution in [0.2, 0.25) is 5.02 Å². The molecule has 0 fully saturated rings. The third-order valence-electron chi connectivity index (χ3n) is 2.64. The third-order valence-corrected chi connectivity index (χ3v) is 2.87. The first kappa shape index (κ1) is 15.1. The van der Waals surface area contributed by atoms with Crippen molar-refractivity contribution in [2.75, 3.05) is 6.61 Å². The third kappa shape index (κ3) is 4.07. The molecular weight excluding hydrogens is 292 g/mol. The average Bonchev–Trinajstić information content (AvgIpc) is 2.48. The maximum atomic E-state index is 11.9. The predicted octanol–water partition coefficient (Wildman–Crippen LogP) is 3.74. The second-order valence-corrected chi connectivity index (χ2v) is 4.58. The highest BCUT2D eigenvalue weighted by atomic mass is 35.5. The van der Waals surface area contributed by atoms with E-state index >= 15 is 0 Å². The Balaban J connectivity index is 2.06. The van der Waals surface area contributed by atoms with E-state index in [1.807, 2.05) is 0 Å². The summed E-state index contributed by atoms with van der Waals surface area (Å²) in [6, 6.07) is 12.6. The Morgan fingerprint density at radius 3 is 2.33 bits per heavy atom. The van der Waals surface area contributed by atoms with Gasteiger partial charge in [-0.2, -0.15) is 0 Å². The molecule has 0 aliphatic heterocycles. The molecular formula is C16H13ClO4. The largest absolute Gasteiger partial charge is 0.462 e. The summed E-state index contributed by atoms with van der Waals surface area (Å²) in [4.78, 5) is 23.4. The van der Waals surface area contributed by atoms with E-state index in [9.17, 15) is 9.59 Å². The Morgan fingerprint density at radius 2 is 1.71 bits per heavy atom. The van der Waals surface area contributed by atoms with Gasteiger partial charge in [0, 0.05) is 5.02 Å². The van der Waals surface area contributed by atoms with Gasteiger partial charge in [0.1, 0.15) is 5.75 Å². The van der Waals surface area contributed by atoms with Gasteiger partial charge in [-0.15, -0.1) is 0 Å². The van der Waals surface area contributed by atoms with Crippen molar-refractivity contribution >= 4 is 23.5 Å². The zero-order chi connectivity index (χ0) is 15.2. The zero-order valence-electron chi connectivity index (χ0n) is 11.3. The summed E-state index contributed by atoms with van der Waals surface area (Å²) in [5.41, 5.74) is 0.761. The lowest BCUT2D eigenvalue weighted by Gasteiger charge is -2.06. The minimum Gasteiger partial charge on any atom is -0.462 e. The minimum atomic E-state index is -0.513. The van der Waals surface area contributed by atoms with Gasteiger partial charge in [-0.3, -0.25) is 0 Å². The van der Waals surface area contributed by atoms with Gasteiger partial charge in [-0.1, -0.05) is 17.7 Å². The molecule has 2 rings (SSSR count). The van der Waals surface area contributed by atoms with Crippen LogP contribution in [0, 0.1) is 0 Å². The maximum Gasteiger partial charge on any atom is 0.343 e. The van der Waals surface area contributed by atoms with Crippen LogP contribution in [0.4, 0.5) is 0 Å². The standard InChI is InChI=1S/C16H13ClO4/c1-2-20-15(18)11-6-8-14(9-7-11)21-16(19)12-4-3-5-13(17)10-12/h3-10H,2H2,1H3. The highest BCUT2D eigenvalue weighted by molar-refractivity contribution is 6.30. The molecule has 0 atom stereocenters. The van der Waals surface area contributed by atoms with Crippen molar-refractivity contribution in [1.82, 2.24) is 0 Å². The van der Waals surface area contributed by atoms with Gasteiger partial charge in [0.2, 0.25) is 0 Å². The van der Waals surface area contributed by atoms with Crippen LogP contribution in [0.15, 0.2) is 48.5 Å². The number of ether oxygens (including phenoxy) is 2. The Labute approximate surface area is 127 Å². The molecule has 0 aromatic heterocycles. The molecule has 2 aromatic carbocycles. The number of rotatable bonds is 4. The molecule has 4 nitrogen and oxygen atoms in total. The lowest BCUT2D eigenvalue weighted by Crippen LogP contribution is -2.09. The zero-order valence-corrected chi connectivity index (χ0v) is 12.1. The van der Waals surface area contributed by atoms with Crippen LogP contribution in [0.3, 0.4) is 0 Å². The van der Waals surface area contributed by atoms with Crippen LogP contribution in [-0.2, 0) is 4.74 Å². The number of halogens is 1. The average molecular weight is 305 g/mol. The molecule has 21 heavy (non-hydrogen) atoms. The molecule has 0 saturated carbocycles. The van der Waals surface area contributed by atoms with Crippen LogP contribution in [-0.4, -0.2) is 18.5 Å². The van der Waals surface area contributed by atoms with Gasteiger partial charge in [0.15, 0.2) is 0 Å². The van der Waals surface area contributed by atoms with Crippen molar-refractivity contribution in [1.29, 1.82) is 0 Å². The van der Waals surface area contributed by atoms with Crippen molar-refractivity contribution in [3.63, 3.8) is 0 Å². The van der Waals surface area contributed by atoms with Crippen molar-refractivity contribution in [3.05, 3.63) is 64.7 Å². The maximum absolute atomic E-state index is 11.9. The molecule has 0 unspecified atom stereocenters. The molecule has 0 aliphatic carbocycles. The molecule has 0 bridgehead atoms. The van der Waals surface area contributed by atoms with Crippen molar-refractivity contribution in [2.45, 2.75) is 6.92 Å². The number of hydrogen-bond acceptors (Lipinski definition) is 4. The monoisotopic (exact) mass is 304 g/mol. The lowest BCUT2D eigenvalue weighted by atomic mass is 10.2. The van der Waals surface area contributed by atoms with Crippen molar-refractivity contribution in [2.24, 2.45) is 0 Å². The molecule has 0 saturated heterocycles. The van der Waals surface area contributed by atoms with Crippen molar-refractivity contribution in [3.8, 4) is 5.75 Å². The molecule has 0 N–H and O–H groups in total. The lowest BCUT2D eigenvalue weighted by molar-refractivity contribution is 0.0526. The molecule has 0 radical (unpaired) electrons. The molecule has 0 spiro atoms. The summed E-state index contributed by atoms with van der Waals surface area (Å²) in [6.45, 7) is 2.05. The summed E-state index contributed by atoms with van der Waals surface area (Å²) >= 11 is 5.82. The number of carbonyl (C=O) groups is 2. The second kappa shape index (κ2) is 6.90. The first-order chi connectivity index (χ1) is 10.1. The fourth-order valence-corrected chi connectivity index (χ4v) is 1.85. The first-order valence-electron chi connectivity index (χ1n) is 6.35. The topological polar surface area (TPSA) is 52.6 Å². The van der Waals surface area contributed by atoms with Gasteiger partial charge in [-0.05, 0) is 49.4 Å². The Kier molecular flexibility index (Phi) is 4.95. The molecule has 108 valence electrons. The summed E-state index contributed by atoms with van der Waals surface area (Å²) in [6.07, 6.45) is 0. The molecule has 0 aliphatic rings. The summed E-state index contributed by atoms with van der Waals surface area (Å²) < 4.78 is 10.1. The van der Waals surface area contributed by atoms with E-state index in [1.54, 1.807) is 37.3 Å². The van der Waals surface area contributed by atoms with Crippen LogP contribution in [0.25, 0.3) is 0 Å². The normalized spacial score (nSPS) is 10.0. The van der Waals surface area contributed by atoms with Gasteiger partial charge < -0.3 is 9.47 Å². The Hall–Kier alpha value is -2.33. The summed E-state index contributed by atoms with van der Waals surface area (Å²) in [7, 11) is 0. The van der Waals surface area contributed by atoms with Crippen LogP contribution in [0.1, 0.15) is 27.6 Å². The molecule has 5 heteroatoms. The van der Waals surface area contributed by atoms with Gasteiger partial charge in [0.05, 0.1) is 17.7 Å². The van der Waals surface area contributed by atoms with Gasteiger partial charge >= 0.3 is 11.9 Å². The molecule has 0 amide bonds. The second-order valence-electron chi connectivity index (χ2n) is 4.14. The van der Waals surface area contributed by atoms with Crippen LogP contribution >= 0.6 is 11.6 Å². The molecule has 0 heterocycles. The van der Waals surface area contributed by atoms with E-state index in [2.05, 4.69) is 0 Å². The number of carbonyl (C=O) groups excluding carboxylic acids is 2.